The van der Waals surface area contributed by atoms with E-state index in [2.05, 4.69) is 0 Å². The summed E-state index contributed by atoms with van der Waals surface area (Å²) < 4.78 is 1.85. The maximum atomic E-state index is 12.3. The third-order valence-corrected chi connectivity index (χ3v) is 4.27. The molecule has 0 saturated carbocycles. The number of carboxylic acids is 2. The Bertz CT molecular complexity index is 694. The van der Waals surface area contributed by atoms with Gasteiger partial charge in [-0.2, -0.15) is 0 Å². The van der Waals surface area contributed by atoms with E-state index in [0.717, 1.165) is 22.2 Å². The molecule has 1 aliphatic heterocycles. The lowest BCUT2D eigenvalue weighted by atomic mass is 10.2. The number of carbonyl (C=O) groups excluding carboxylic acids is 1. The molecule has 0 aliphatic carbocycles. The highest BCUT2D eigenvalue weighted by molar-refractivity contribution is 8.26. The second-order valence-electron chi connectivity index (χ2n) is 4.61. The third kappa shape index (κ3) is 3.37. The van der Waals surface area contributed by atoms with Gasteiger partial charge in [-0.05, 0) is 17.7 Å². The first kappa shape index (κ1) is 16.2. The van der Waals surface area contributed by atoms with Gasteiger partial charge in [0.25, 0.3) is 5.91 Å². The van der Waals surface area contributed by atoms with Crippen LogP contribution < -0.4 is 0 Å². The molecule has 2 rings (SSSR count). The van der Waals surface area contributed by atoms with Crippen molar-refractivity contribution in [2.24, 2.45) is 7.05 Å². The van der Waals surface area contributed by atoms with Crippen molar-refractivity contribution >= 4 is 52.2 Å². The van der Waals surface area contributed by atoms with E-state index in [4.69, 9.17) is 22.4 Å². The Labute approximate surface area is 135 Å². The maximum absolute atomic E-state index is 12.3. The van der Waals surface area contributed by atoms with E-state index >= 15 is 0 Å². The number of aromatic nitrogens is 1. The Hall–Kier alpha value is -2.13. The van der Waals surface area contributed by atoms with Crippen LogP contribution in [0.15, 0.2) is 23.4 Å². The number of hydrogen-bond donors (Lipinski definition) is 2. The van der Waals surface area contributed by atoms with Crippen molar-refractivity contribution in [1.29, 1.82) is 0 Å². The van der Waals surface area contributed by atoms with Crippen LogP contribution in [0.5, 0.6) is 0 Å². The number of hydrogen-bond acceptors (Lipinski definition) is 5. The highest BCUT2D eigenvalue weighted by Gasteiger charge is 2.41. The summed E-state index contributed by atoms with van der Waals surface area (Å²) in [5.41, 5.74) is 0.771. The monoisotopic (exact) mass is 340 g/mol. The number of aryl methyl sites for hydroxylation is 1. The summed E-state index contributed by atoms with van der Waals surface area (Å²) >= 11 is 5.99. The highest BCUT2D eigenvalue weighted by Crippen LogP contribution is 2.34. The second-order valence-corrected chi connectivity index (χ2v) is 6.29. The zero-order valence-corrected chi connectivity index (χ0v) is 13.1. The van der Waals surface area contributed by atoms with Crippen LogP contribution in [0.4, 0.5) is 0 Å². The Morgan fingerprint density at radius 2 is 2.14 bits per heavy atom. The lowest BCUT2D eigenvalue weighted by Crippen LogP contribution is -2.45. The summed E-state index contributed by atoms with van der Waals surface area (Å²) in [4.78, 5) is 35.5. The molecule has 2 N–H and O–H groups in total. The van der Waals surface area contributed by atoms with Crippen molar-refractivity contribution < 1.29 is 24.6 Å². The van der Waals surface area contributed by atoms with E-state index in [1.807, 2.05) is 7.05 Å². The predicted octanol–water partition coefficient (Wildman–Crippen LogP) is 1.15. The molecule has 1 aromatic rings. The molecule has 0 bridgehead atoms. The molecule has 1 amide bonds. The molecule has 1 fully saturated rings. The molecule has 22 heavy (non-hydrogen) atoms. The van der Waals surface area contributed by atoms with Crippen molar-refractivity contribution in [3.05, 3.63) is 28.9 Å². The maximum Gasteiger partial charge on any atom is 0.327 e. The zero-order valence-electron chi connectivity index (χ0n) is 11.4. The van der Waals surface area contributed by atoms with Crippen molar-refractivity contribution in [1.82, 2.24) is 9.47 Å². The fourth-order valence-corrected chi connectivity index (χ4v) is 3.32. The second kappa shape index (κ2) is 6.32. The van der Waals surface area contributed by atoms with Gasteiger partial charge in [0.2, 0.25) is 0 Å². The SMILES string of the molecule is Cn1ccc(/C=C2/SC(=S)N(C(CC(=O)O)C(=O)O)C2=O)c1. The molecule has 0 aromatic carbocycles. The number of thiocarbonyl (C=S) groups is 1. The van der Waals surface area contributed by atoms with Crippen molar-refractivity contribution in [3.63, 3.8) is 0 Å². The minimum absolute atomic E-state index is 0.0424. The van der Waals surface area contributed by atoms with Gasteiger partial charge in [-0.25, -0.2) is 4.79 Å². The minimum Gasteiger partial charge on any atom is -0.481 e. The van der Waals surface area contributed by atoms with Gasteiger partial charge < -0.3 is 14.8 Å². The topological polar surface area (TPSA) is 99.8 Å². The molecule has 0 spiro atoms. The average Bonchev–Trinajstić information content (AvgIpc) is 2.92. The lowest BCUT2D eigenvalue weighted by molar-refractivity contribution is -0.150. The Kier molecular flexibility index (Phi) is 4.67. The van der Waals surface area contributed by atoms with Gasteiger partial charge in [-0.1, -0.05) is 24.0 Å². The van der Waals surface area contributed by atoms with E-state index in [1.54, 1.807) is 29.1 Å². The van der Waals surface area contributed by atoms with Crippen LogP contribution in [-0.4, -0.2) is 47.9 Å². The molecule has 2 heterocycles. The molecule has 1 aliphatic rings. The molecule has 7 nitrogen and oxygen atoms in total. The summed E-state index contributed by atoms with van der Waals surface area (Å²) in [5, 5.41) is 17.9. The molecular weight excluding hydrogens is 328 g/mol. The van der Waals surface area contributed by atoms with Crippen LogP contribution >= 0.6 is 24.0 Å². The summed E-state index contributed by atoms with van der Waals surface area (Å²) in [7, 11) is 1.83. The average molecular weight is 340 g/mol. The van der Waals surface area contributed by atoms with Crippen LogP contribution in [0.2, 0.25) is 0 Å². The summed E-state index contributed by atoms with van der Waals surface area (Å²) in [6.45, 7) is 0. The van der Waals surface area contributed by atoms with Gasteiger partial charge in [-0.15, -0.1) is 0 Å². The van der Waals surface area contributed by atoms with Gasteiger partial charge >= 0.3 is 11.9 Å². The Morgan fingerprint density at radius 3 is 2.64 bits per heavy atom. The van der Waals surface area contributed by atoms with Gasteiger partial charge in [-0.3, -0.25) is 14.5 Å². The van der Waals surface area contributed by atoms with Crippen LogP contribution in [0, 0.1) is 0 Å². The highest BCUT2D eigenvalue weighted by atomic mass is 32.2. The van der Waals surface area contributed by atoms with Gasteiger partial charge in [0, 0.05) is 19.4 Å². The number of rotatable bonds is 5. The first-order valence-electron chi connectivity index (χ1n) is 6.13. The van der Waals surface area contributed by atoms with Crippen LogP contribution in [0.3, 0.4) is 0 Å². The van der Waals surface area contributed by atoms with Crippen molar-refractivity contribution in [3.8, 4) is 0 Å². The fourth-order valence-electron chi connectivity index (χ4n) is 1.96. The summed E-state index contributed by atoms with van der Waals surface area (Å²) in [6, 6.07) is 0.282. The van der Waals surface area contributed by atoms with Crippen molar-refractivity contribution in [2.45, 2.75) is 12.5 Å². The smallest absolute Gasteiger partial charge is 0.327 e. The number of amides is 1. The number of thioether (sulfide) groups is 1. The van der Waals surface area contributed by atoms with Crippen LogP contribution in [-0.2, 0) is 21.4 Å². The number of nitrogens with zero attached hydrogens (tertiary/aromatic N) is 2. The minimum atomic E-state index is -1.51. The zero-order chi connectivity index (χ0) is 16.4. The van der Waals surface area contributed by atoms with Crippen LogP contribution in [0.1, 0.15) is 12.0 Å². The molecule has 1 aromatic heterocycles. The molecule has 0 radical (unpaired) electrons. The third-order valence-electron chi connectivity index (χ3n) is 2.94. The lowest BCUT2D eigenvalue weighted by Gasteiger charge is -2.21. The van der Waals surface area contributed by atoms with Gasteiger partial charge in [0.05, 0.1) is 11.3 Å². The van der Waals surface area contributed by atoms with E-state index in [1.165, 1.54) is 0 Å². The first-order chi connectivity index (χ1) is 10.3. The van der Waals surface area contributed by atoms with E-state index < -0.39 is 30.3 Å². The number of carbonyl (C=O) groups is 3. The van der Waals surface area contributed by atoms with Crippen LogP contribution in [0.25, 0.3) is 6.08 Å². The van der Waals surface area contributed by atoms with E-state index in [-0.39, 0.29) is 9.23 Å². The predicted molar refractivity (Wildman–Crippen MR) is 84.1 cm³/mol. The Balaban J connectivity index is 2.29. The quantitative estimate of drug-likeness (QED) is 0.613. The number of aliphatic carboxylic acids is 2. The fraction of sp³-hybridized carbons (Fsp3) is 0.231. The van der Waals surface area contributed by atoms with E-state index in [0.29, 0.717) is 0 Å². The summed E-state index contributed by atoms with van der Waals surface area (Å²) in [6.07, 6.45) is 4.48. The molecule has 9 heteroatoms. The number of carboxylic acid groups (broad SMARTS) is 2. The normalized spacial score (nSPS) is 18.0. The molecule has 116 valence electrons. The largest absolute Gasteiger partial charge is 0.481 e. The molecule has 1 unspecified atom stereocenters. The van der Waals surface area contributed by atoms with Gasteiger partial charge in [0.15, 0.2) is 0 Å². The Morgan fingerprint density at radius 1 is 1.45 bits per heavy atom. The van der Waals surface area contributed by atoms with E-state index in [9.17, 15) is 14.4 Å². The summed E-state index contributed by atoms with van der Waals surface area (Å²) in [5.74, 6) is -3.30. The molecule has 1 saturated heterocycles. The van der Waals surface area contributed by atoms with Gasteiger partial charge in [0.1, 0.15) is 10.4 Å². The standard InChI is InChI=1S/C13H12N2O5S2/c1-14-3-2-7(6-14)4-9-11(18)15(13(21)22-9)8(12(19)20)5-10(16)17/h2-4,6,8H,5H2,1H3,(H,16,17)(H,19,20)/b9-4+. The van der Waals surface area contributed by atoms with Crippen molar-refractivity contribution in [2.75, 3.05) is 0 Å². The molecular formula is C13H12N2O5S2. The molecule has 1 atom stereocenters. The first-order valence-corrected chi connectivity index (χ1v) is 7.35.